The third-order valence-corrected chi connectivity index (χ3v) is 8.32. The lowest BCUT2D eigenvalue weighted by Gasteiger charge is -2.14. The zero-order chi connectivity index (χ0) is 23.5. The SMILES string of the molecule is CCc1nnc([C@H]2C(=N)S/C(=C\c3cc(I)c(OCc4ccc(Br)cc4)c(OC)c3)C2=O)s1. The second-order valence-corrected chi connectivity index (χ2v) is 11.4. The van der Waals surface area contributed by atoms with E-state index < -0.39 is 5.92 Å². The van der Waals surface area contributed by atoms with Crippen LogP contribution in [0.15, 0.2) is 45.8 Å². The van der Waals surface area contributed by atoms with Crippen LogP contribution in [0, 0.1) is 8.98 Å². The number of benzene rings is 2. The van der Waals surface area contributed by atoms with Crippen LogP contribution in [0.4, 0.5) is 0 Å². The van der Waals surface area contributed by atoms with Crippen molar-refractivity contribution >= 4 is 78.5 Å². The van der Waals surface area contributed by atoms with E-state index in [1.54, 1.807) is 13.2 Å². The van der Waals surface area contributed by atoms with Crippen LogP contribution in [-0.2, 0) is 17.8 Å². The molecule has 0 saturated carbocycles. The van der Waals surface area contributed by atoms with E-state index in [2.05, 4.69) is 48.7 Å². The van der Waals surface area contributed by atoms with Gasteiger partial charge in [0, 0.05) is 4.47 Å². The number of nitrogens with one attached hydrogen (secondary N) is 1. The first-order valence-corrected chi connectivity index (χ1v) is 13.5. The third kappa shape index (κ3) is 5.50. The minimum Gasteiger partial charge on any atom is -0.493 e. The number of hydrogen-bond donors (Lipinski definition) is 1. The Morgan fingerprint density at radius 3 is 2.67 bits per heavy atom. The van der Waals surface area contributed by atoms with Crippen LogP contribution in [0.5, 0.6) is 11.5 Å². The van der Waals surface area contributed by atoms with Crippen LogP contribution in [-0.4, -0.2) is 28.1 Å². The van der Waals surface area contributed by atoms with Gasteiger partial charge in [0.15, 0.2) is 17.3 Å². The van der Waals surface area contributed by atoms with E-state index in [0.29, 0.717) is 28.0 Å². The molecule has 0 unspecified atom stereocenters. The molecule has 1 fully saturated rings. The lowest BCUT2D eigenvalue weighted by atomic mass is 10.1. The van der Waals surface area contributed by atoms with Crippen molar-refractivity contribution in [3.8, 4) is 11.5 Å². The van der Waals surface area contributed by atoms with E-state index in [0.717, 1.165) is 30.6 Å². The molecule has 1 aliphatic heterocycles. The fraction of sp³-hybridized carbons (Fsp3) is 0.217. The summed E-state index contributed by atoms with van der Waals surface area (Å²) in [5, 5.41) is 18.3. The summed E-state index contributed by atoms with van der Waals surface area (Å²) in [6, 6.07) is 11.7. The van der Waals surface area contributed by atoms with Gasteiger partial charge in [-0.15, -0.1) is 21.5 Å². The van der Waals surface area contributed by atoms with Gasteiger partial charge in [0.05, 0.1) is 20.6 Å². The highest BCUT2D eigenvalue weighted by molar-refractivity contribution is 14.1. The van der Waals surface area contributed by atoms with Gasteiger partial charge < -0.3 is 9.47 Å². The molecule has 0 amide bonds. The standard InChI is InChI=1S/C23H19BrIN3O3S2/c1-3-18-27-28-23(33-18)19-20(29)17(32-22(19)26)10-13-8-15(25)21(16(9-13)30-2)31-11-12-4-6-14(24)7-5-12/h4-10,19,26H,3,11H2,1-2H3/b17-10-,26-22?/t19-/m1/s1. The minimum atomic E-state index is -0.659. The lowest BCUT2D eigenvalue weighted by Crippen LogP contribution is -2.11. The number of thioether (sulfide) groups is 1. The maximum atomic E-state index is 13.1. The van der Waals surface area contributed by atoms with Gasteiger partial charge in [-0.3, -0.25) is 10.2 Å². The van der Waals surface area contributed by atoms with Crippen molar-refractivity contribution in [1.82, 2.24) is 10.2 Å². The van der Waals surface area contributed by atoms with Gasteiger partial charge in [-0.1, -0.05) is 46.7 Å². The molecule has 2 heterocycles. The number of Topliss-reactive ketones (excluding diaryl/α,β-unsaturated/α-hetero) is 1. The number of carbonyl (C=O) groups is 1. The van der Waals surface area contributed by atoms with Crippen molar-refractivity contribution in [2.24, 2.45) is 0 Å². The largest absolute Gasteiger partial charge is 0.493 e. The van der Waals surface area contributed by atoms with Crippen molar-refractivity contribution in [3.05, 3.63) is 70.5 Å². The molecule has 3 aromatic rings. The fourth-order valence-corrected chi connectivity index (χ4v) is 6.19. The number of carbonyl (C=O) groups excluding carboxylic acids is 1. The van der Waals surface area contributed by atoms with Crippen molar-refractivity contribution in [3.63, 3.8) is 0 Å². The van der Waals surface area contributed by atoms with Crippen molar-refractivity contribution in [2.75, 3.05) is 7.11 Å². The van der Waals surface area contributed by atoms with Gasteiger partial charge in [-0.25, -0.2) is 0 Å². The Balaban J connectivity index is 1.56. The maximum absolute atomic E-state index is 13.1. The van der Waals surface area contributed by atoms with Gasteiger partial charge in [-0.05, 0) is 70.5 Å². The number of ether oxygens (including phenoxy) is 2. The van der Waals surface area contributed by atoms with E-state index >= 15 is 0 Å². The van der Waals surface area contributed by atoms with Gasteiger partial charge in [0.25, 0.3) is 0 Å². The summed E-state index contributed by atoms with van der Waals surface area (Å²) in [6.07, 6.45) is 2.56. The zero-order valence-electron chi connectivity index (χ0n) is 17.7. The second-order valence-electron chi connectivity index (χ2n) is 7.11. The summed E-state index contributed by atoms with van der Waals surface area (Å²) in [7, 11) is 1.59. The summed E-state index contributed by atoms with van der Waals surface area (Å²) in [4.78, 5) is 13.6. The van der Waals surface area contributed by atoms with Gasteiger partial charge in [-0.2, -0.15) is 0 Å². The average Bonchev–Trinajstić information content (AvgIpc) is 3.37. The molecule has 1 atom stereocenters. The Kier molecular flexibility index (Phi) is 7.87. The number of rotatable bonds is 7. The molecule has 1 saturated heterocycles. The number of allylic oxidation sites excluding steroid dienone is 1. The molecule has 33 heavy (non-hydrogen) atoms. The summed E-state index contributed by atoms with van der Waals surface area (Å²) >= 11 is 8.22. The van der Waals surface area contributed by atoms with Crippen LogP contribution in [0.1, 0.15) is 34.0 Å². The summed E-state index contributed by atoms with van der Waals surface area (Å²) in [6.45, 7) is 2.41. The van der Waals surface area contributed by atoms with Crippen LogP contribution >= 0.6 is 61.6 Å². The molecule has 10 heteroatoms. The quantitative estimate of drug-likeness (QED) is 0.232. The molecular formula is C23H19BrIN3O3S2. The smallest absolute Gasteiger partial charge is 0.186 e. The van der Waals surface area contributed by atoms with E-state index in [4.69, 9.17) is 14.9 Å². The molecule has 4 rings (SSSR count). The van der Waals surface area contributed by atoms with Crippen LogP contribution in [0.3, 0.4) is 0 Å². The Morgan fingerprint density at radius 2 is 2.00 bits per heavy atom. The first-order chi connectivity index (χ1) is 15.9. The van der Waals surface area contributed by atoms with Crippen LogP contribution in [0.25, 0.3) is 6.08 Å². The third-order valence-electron chi connectivity index (χ3n) is 4.86. The first-order valence-electron chi connectivity index (χ1n) is 9.98. The first kappa shape index (κ1) is 24.4. The zero-order valence-corrected chi connectivity index (χ0v) is 23.1. The lowest BCUT2D eigenvalue weighted by molar-refractivity contribution is -0.114. The number of ketones is 1. The van der Waals surface area contributed by atoms with Gasteiger partial charge in [0.1, 0.15) is 22.5 Å². The molecule has 0 aliphatic carbocycles. The Bertz CT molecular complexity index is 1240. The molecule has 1 aromatic heterocycles. The highest BCUT2D eigenvalue weighted by atomic mass is 127. The number of nitrogens with zero attached hydrogens (tertiary/aromatic N) is 2. The molecule has 6 nitrogen and oxygen atoms in total. The summed E-state index contributed by atoms with van der Waals surface area (Å²) in [5.74, 6) is 0.465. The number of aryl methyl sites for hydroxylation is 1. The molecule has 2 aromatic carbocycles. The van der Waals surface area contributed by atoms with E-state index in [1.165, 1.54) is 23.1 Å². The van der Waals surface area contributed by atoms with E-state index in [1.807, 2.05) is 43.3 Å². The predicted octanol–water partition coefficient (Wildman–Crippen LogP) is 6.47. The normalized spacial score (nSPS) is 17.1. The number of aromatic nitrogens is 2. The van der Waals surface area contributed by atoms with E-state index in [9.17, 15) is 4.79 Å². The molecule has 1 aliphatic rings. The van der Waals surface area contributed by atoms with Crippen molar-refractivity contribution in [2.45, 2.75) is 25.9 Å². The Hall–Kier alpha value is -1.76. The average molecular weight is 656 g/mol. The molecule has 170 valence electrons. The van der Waals surface area contributed by atoms with Crippen LogP contribution in [0.2, 0.25) is 0 Å². The summed E-state index contributed by atoms with van der Waals surface area (Å²) < 4.78 is 13.5. The molecule has 1 N–H and O–H groups in total. The summed E-state index contributed by atoms with van der Waals surface area (Å²) in [5.41, 5.74) is 1.85. The van der Waals surface area contributed by atoms with Crippen LogP contribution < -0.4 is 9.47 Å². The maximum Gasteiger partial charge on any atom is 0.186 e. The monoisotopic (exact) mass is 655 g/mol. The Labute approximate surface area is 222 Å². The number of hydrogen-bond acceptors (Lipinski definition) is 8. The van der Waals surface area contributed by atoms with Crippen molar-refractivity contribution in [1.29, 1.82) is 5.41 Å². The van der Waals surface area contributed by atoms with E-state index in [-0.39, 0.29) is 10.8 Å². The highest BCUT2D eigenvalue weighted by Gasteiger charge is 2.39. The molecule has 0 spiro atoms. The molecular weight excluding hydrogens is 637 g/mol. The van der Waals surface area contributed by atoms with Gasteiger partial charge in [0.2, 0.25) is 0 Å². The van der Waals surface area contributed by atoms with Crippen molar-refractivity contribution < 1.29 is 14.3 Å². The number of methoxy groups -OCH3 is 1. The number of halogens is 2. The molecule has 0 radical (unpaired) electrons. The van der Waals surface area contributed by atoms with Gasteiger partial charge >= 0.3 is 0 Å². The predicted molar refractivity (Wildman–Crippen MR) is 145 cm³/mol. The minimum absolute atomic E-state index is 0.117. The topological polar surface area (TPSA) is 85.2 Å². The highest BCUT2D eigenvalue weighted by Crippen LogP contribution is 2.42. The second kappa shape index (κ2) is 10.7. The fourth-order valence-electron chi connectivity index (χ4n) is 3.19. The Morgan fingerprint density at radius 1 is 1.24 bits per heavy atom. The molecule has 0 bridgehead atoms.